The number of carbonyl (C=O) groups is 2. The van der Waals surface area contributed by atoms with E-state index in [0.717, 1.165) is 4.90 Å². The Hall–Kier alpha value is -3.03. The van der Waals surface area contributed by atoms with E-state index < -0.39 is 30.4 Å². The maximum Gasteiger partial charge on any atom is 0.261 e. The van der Waals surface area contributed by atoms with E-state index in [1.165, 1.54) is 16.8 Å². The van der Waals surface area contributed by atoms with Gasteiger partial charge in [-0.05, 0) is 48.2 Å². The molecule has 2 aliphatic rings. The predicted octanol–water partition coefficient (Wildman–Crippen LogP) is 5.50. The van der Waals surface area contributed by atoms with Crippen LogP contribution in [0.2, 0.25) is 10.0 Å². The van der Waals surface area contributed by atoms with Crippen LogP contribution >= 0.6 is 23.2 Å². The lowest BCUT2D eigenvalue weighted by molar-refractivity contribution is 0.0659. The van der Waals surface area contributed by atoms with Crippen LogP contribution < -0.4 is 0 Å². The van der Waals surface area contributed by atoms with Crippen molar-refractivity contribution < 1.29 is 18.4 Å². The standard InChI is InChI=1S/C24H17Cl2F2N3O2/c25-15-7-5-14(18(26)9-15)11-31-22-13(10-29-31)6-8-19(27)21(22)20(28)12-30-23(32)16-3-1-2-4-17(16)24(30)33/h1-5,7,9-10,19H,6,8,11-12H2. The van der Waals surface area contributed by atoms with Gasteiger partial charge in [0, 0.05) is 15.6 Å². The first-order chi connectivity index (χ1) is 15.8. The fourth-order valence-corrected chi connectivity index (χ4v) is 4.80. The lowest BCUT2D eigenvalue weighted by Crippen LogP contribution is -2.32. The highest BCUT2D eigenvalue weighted by molar-refractivity contribution is 6.35. The molecule has 0 fully saturated rings. The van der Waals surface area contributed by atoms with Gasteiger partial charge in [0.15, 0.2) is 0 Å². The third-order valence-corrected chi connectivity index (χ3v) is 6.54. The highest BCUT2D eigenvalue weighted by Crippen LogP contribution is 2.37. The summed E-state index contributed by atoms with van der Waals surface area (Å²) in [6.07, 6.45) is 0.476. The number of carbonyl (C=O) groups excluding carboxylic acids is 2. The molecule has 33 heavy (non-hydrogen) atoms. The van der Waals surface area contributed by atoms with Gasteiger partial charge in [-0.3, -0.25) is 19.2 Å². The minimum atomic E-state index is -1.59. The molecular formula is C24H17Cl2F2N3O2. The van der Waals surface area contributed by atoms with E-state index in [2.05, 4.69) is 5.10 Å². The quantitative estimate of drug-likeness (QED) is 0.456. The lowest BCUT2D eigenvalue weighted by atomic mass is 9.90. The number of hydrogen-bond donors (Lipinski definition) is 0. The van der Waals surface area contributed by atoms with E-state index in [0.29, 0.717) is 33.3 Å². The average Bonchev–Trinajstić information content (AvgIpc) is 3.30. The number of imide groups is 1. The number of fused-ring (bicyclic) bond motifs is 2. The van der Waals surface area contributed by atoms with Crippen LogP contribution in [-0.4, -0.2) is 39.2 Å². The van der Waals surface area contributed by atoms with Gasteiger partial charge in [0.2, 0.25) is 0 Å². The molecule has 9 heteroatoms. The molecule has 0 radical (unpaired) electrons. The third kappa shape index (κ3) is 3.75. The normalized spacial score (nSPS) is 19.0. The number of aromatic nitrogens is 2. The van der Waals surface area contributed by atoms with E-state index in [1.54, 1.807) is 36.5 Å². The van der Waals surface area contributed by atoms with Crippen molar-refractivity contribution in [3.8, 4) is 0 Å². The number of nitrogens with zero attached hydrogens (tertiary/aromatic N) is 3. The molecule has 3 aromatic rings. The molecule has 1 aliphatic heterocycles. The summed E-state index contributed by atoms with van der Waals surface area (Å²) in [5, 5.41) is 5.22. The Morgan fingerprint density at radius 1 is 1.09 bits per heavy atom. The molecule has 168 valence electrons. The van der Waals surface area contributed by atoms with Crippen molar-refractivity contribution in [3.63, 3.8) is 0 Å². The molecule has 5 nitrogen and oxygen atoms in total. The van der Waals surface area contributed by atoms with Gasteiger partial charge in [-0.2, -0.15) is 5.10 Å². The van der Waals surface area contributed by atoms with Crippen molar-refractivity contribution in [2.75, 3.05) is 6.54 Å². The minimum absolute atomic E-state index is 0.0886. The van der Waals surface area contributed by atoms with Crippen LogP contribution in [0.1, 0.15) is 44.0 Å². The number of aryl methyl sites for hydroxylation is 1. The largest absolute Gasteiger partial charge is 0.269 e. The summed E-state index contributed by atoms with van der Waals surface area (Å²) < 4.78 is 32.1. The zero-order chi connectivity index (χ0) is 23.3. The Kier molecular flexibility index (Phi) is 5.54. The van der Waals surface area contributed by atoms with Crippen LogP contribution in [-0.2, 0) is 13.0 Å². The summed E-state index contributed by atoms with van der Waals surface area (Å²) in [5.41, 5.74) is 1.94. The summed E-state index contributed by atoms with van der Waals surface area (Å²) in [4.78, 5) is 26.1. The highest BCUT2D eigenvalue weighted by Gasteiger charge is 2.38. The Bertz CT molecular complexity index is 1300. The number of rotatable bonds is 4. The first kappa shape index (κ1) is 21.8. The number of alkyl halides is 1. The van der Waals surface area contributed by atoms with E-state index in [9.17, 15) is 9.59 Å². The molecule has 0 spiro atoms. The predicted molar refractivity (Wildman–Crippen MR) is 121 cm³/mol. The average molecular weight is 488 g/mol. The van der Waals surface area contributed by atoms with Crippen LogP contribution in [0.25, 0.3) is 5.57 Å². The zero-order valence-corrected chi connectivity index (χ0v) is 18.7. The molecule has 5 rings (SSSR count). The summed E-state index contributed by atoms with van der Waals surface area (Å²) >= 11 is 12.2. The number of hydrogen-bond acceptors (Lipinski definition) is 3. The smallest absolute Gasteiger partial charge is 0.261 e. The van der Waals surface area contributed by atoms with E-state index >= 15 is 8.78 Å². The second kappa shape index (κ2) is 8.39. The van der Waals surface area contributed by atoms with Gasteiger partial charge in [0.1, 0.15) is 12.0 Å². The molecule has 1 atom stereocenters. The van der Waals surface area contributed by atoms with Crippen molar-refractivity contribution in [3.05, 3.63) is 92.5 Å². The molecule has 0 saturated carbocycles. The first-order valence-corrected chi connectivity index (χ1v) is 11.1. The topological polar surface area (TPSA) is 55.2 Å². The van der Waals surface area contributed by atoms with Crippen molar-refractivity contribution in [2.45, 2.75) is 25.6 Å². The number of amides is 2. The fraction of sp³-hybridized carbons (Fsp3) is 0.208. The molecule has 2 heterocycles. The molecule has 1 aliphatic carbocycles. The SMILES string of the molecule is O=C1c2ccccc2C(=O)N1CC(F)=C1c2c(cnn2Cc2ccc(Cl)cc2Cl)CCC1F. The van der Waals surface area contributed by atoms with E-state index in [1.807, 2.05) is 0 Å². The summed E-state index contributed by atoms with van der Waals surface area (Å²) in [5.74, 6) is -2.07. The Balaban J connectivity index is 1.51. The molecule has 2 aromatic carbocycles. The van der Waals surface area contributed by atoms with Gasteiger partial charge in [0.05, 0.1) is 36.1 Å². The minimum Gasteiger partial charge on any atom is -0.269 e. The summed E-state index contributed by atoms with van der Waals surface area (Å²) in [6.45, 7) is -0.462. The van der Waals surface area contributed by atoms with Crippen molar-refractivity contribution >= 4 is 40.6 Å². The zero-order valence-electron chi connectivity index (χ0n) is 17.2. The van der Waals surface area contributed by atoms with Crippen molar-refractivity contribution in [2.24, 2.45) is 0 Å². The third-order valence-electron chi connectivity index (χ3n) is 5.95. The molecule has 0 bridgehead atoms. The van der Waals surface area contributed by atoms with Gasteiger partial charge < -0.3 is 0 Å². The van der Waals surface area contributed by atoms with E-state index in [4.69, 9.17) is 23.2 Å². The molecule has 0 N–H and O–H groups in total. The van der Waals surface area contributed by atoms with Crippen LogP contribution in [0.15, 0.2) is 54.5 Å². The fourth-order valence-electron chi connectivity index (χ4n) is 4.33. The van der Waals surface area contributed by atoms with Crippen molar-refractivity contribution in [1.29, 1.82) is 0 Å². The molecule has 2 amide bonds. The number of halogens is 4. The van der Waals surface area contributed by atoms with Crippen LogP contribution in [0.4, 0.5) is 8.78 Å². The first-order valence-electron chi connectivity index (χ1n) is 10.3. The molecular weight excluding hydrogens is 471 g/mol. The van der Waals surface area contributed by atoms with Gasteiger partial charge in [-0.1, -0.05) is 41.4 Å². The van der Waals surface area contributed by atoms with Crippen LogP contribution in [0.3, 0.4) is 0 Å². The van der Waals surface area contributed by atoms with E-state index in [-0.39, 0.29) is 29.7 Å². The Morgan fingerprint density at radius 2 is 1.79 bits per heavy atom. The summed E-state index contributed by atoms with van der Waals surface area (Å²) in [6, 6.07) is 11.3. The van der Waals surface area contributed by atoms with Gasteiger partial charge in [-0.15, -0.1) is 0 Å². The van der Waals surface area contributed by atoms with Gasteiger partial charge in [-0.25, -0.2) is 8.78 Å². The second-order valence-electron chi connectivity index (χ2n) is 7.98. The molecule has 1 aromatic heterocycles. The Labute approximate surface area is 198 Å². The Morgan fingerprint density at radius 3 is 2.45 bits per heavy atom. The summed E-state index contributed by atoms with van der Waals surface area (Å²) in [7, 11) is 0. The van der Waals surface area contributed by atoms with Gasteiger partial charge in [0.25, 0.3) is 11.8 Å². The maximum absolute atomic E-state index is 15.6. The second-order valence-corrected chi connectivity index (χ2v) is 8.82. The number of benzene rings is 2. The maximum atomic E-state index is 15.6. The lowest BCUT2D eigenvalue weighted by Gasteiger charge is -2.23. The highest BCUT2D eigenvalue weighted by atomic mass is 35.5. The molecule has 1 unspecified atom stereocenters. The van der Waals surface area contributed by atoms with Crippen LogP contribution in [0, 0.1) is 0 Å². The molecule has 0 saturated heterocycles. The monoisotopic (exact) mass is 487 g/mol. The van der Waals surface area contributed by atoms with Crippen molar-refractivity contribution in [1.82, 2.24) is 14.7 Å². The number of allylic oxidation sites excluding steroid dienone is 1. The van der Waals surface area contributed by atoms with Gasteiger partial charge >= 0.3 is 0 Å². The van der Waals surface area contributed by atoms with Crippen LogP contribution in [0.5, 0.6) is 0 Å².